The van der Waals surface area contributed by atoms with Crippen LogP contribution in [0.2, 0.25) is 0 Å². The lowest BCUT2D eigenvalue weighted by atomic mass is 10.00. The molecule has 0 spiro atoms. The summed E-state index contributed by atoms with van der Waals surface area (Å²) < 4.78 is 5.26. The number of carboxylic acid groups (broad SMARTS) is 1. The van der Waals surface area contributed by atoms with Gasteiger partial charge in [-0.1, -0.05) is 24.3 Å². The number of benzene rings is 1. The Labute approximate surface area is 204 Å². The van der Waals surface area contributed by atoms with Gasteiger partial charge >= 0.3 is 12.1 Å². The van der Waals surface area contributed by atoms with Crippen LogP contribution in [0.3, 0.4) is 0 Å². The Balaban J connectivity index is 2.07. The van der Waals surface area contributed by atoms with Crippen molar-refractivity contribution in [3.05, 3.63) is 47.5 Å². The highest BCUT2D eigenvalue weighted by atomic mass is 16.6. The number of nitrogens with one attached hydrogen (secondary N) is 2. The summed E-state index contributed by atoms with van der Waals surface area (Å²) in [6.07, 6.45) is 3.07. The lowest BCUT2D eigenvalue weighted by Crippen LogP contribution is -2.43. The fourth-order valence-corrected chi connectivity index (χ4v) is 3.54. The smallest absolute Gasteiger partial charge is 0.407 e. The van der Waals surface area contributed by atoms with E-state index in [-0.39, 0.29) is 19.0 Å². The molecule has 35 heavy (non-hydrogen) atoms. The average Bonchev–Trinajstić information content (AvgIpc) is 3.06. The van der Waals surface area contributed by atoms with Crippen molar-refractivity contribution in [2.45, 2.75) is 71.1 Å². The first-order valence-electron chi connectivity index (χ1n) is 11.5. The molecule has 10 nitrogen and oxygen atoms in total. The van der Waals surface area contributed by atoms with Crippen LogP contribution in [0.4, 0.5) is 4.79 Å². The highest BCUT2D eigenvalue weighted by Crippen LogP contribution is 2.25. The van der Waals surface area contributed by atoms with E-state index in [0.717, 1.165) is 22.6 Å². The molecule has 0 saturated heterocycles. The highest BCUT2D eigenvalue weighted by Gasteiger charge is 2.36. The van der Waals surface area contributed by atoms with E-state index in [1.165, 1.54) is 0 Å². The first-order valence-corrected chi connectivity index (χ1v) is 11.5. The molecule has 1 aliphatic heterocycles. The van der Waals surface area contributed by atoms with Gasteiger partial charge in [-0.2, -0.15) is 0 Å². The van der Waals surface area contributed by atoms with Gasteiger partial charge in [-0.3, -0.25) is 24.1 Å². The van der Waals surface area contributed by atoms with Crippen LogP contribution in [0.5, 0.6) is 0 Å². The predicted molar refractivity (Wildman–Crippen MR) is 127 cm³/mol. The van der Waals surface area contributed by atoms with E-state index in [0.29, 0.717) is 24.8 Å². The zero-order valence-corrected chi connectivity index (χ0v) is 20.5. The molecular formula is C25H33N3O7. The summed E-state index contributed by atoms with van der Waals surface area (Å²) in [4.78, 5) is 61.0. The van der Waals surface area contributed by atoms with Crippen molar-refractivity contribution >= 4 is 29.8 Å². The standard InChI is InChI=1S/C25H33N3O7/c1-16(27-24(34)35-25(2,3)4)15-17-8-10-18(11-9-17)22(28-19(29)12-13-20(28)30)23(33)26-14-6-5-7-21(31)32/h8-13,16,22H,5-7,14-15H2,1-4H3,(H,26,33)(H,27,34)(H,31,32). The van der Waals surface area contributed by atoms with E-state index in [1.807, 2.05) is 6.92 Å². The fraction of sp³-hybridized carbons (Fsp3) is 0.480. The number of carbonyl (C=O) groups is 5. The van der Waals surface area contributed by atoms with Gasteiger partial charge in [0, 0.05) is 31.2 Å². The molecule has 0 fully saturated rings. The van der Waals surface area contributed by atoms with Gasteiger partial charge in [0.25, 0.3) is 11.8 Å². The second-order valence-corrected chi connectivity index (χ2v) is 9.42. The molecule has 3 N–H and O–H groups in total. The Hall–Kier alpha value is -3.69. The minimum absolute atomic E-state index is 0.00497. The second-order valence-electron chi connectivity index (χ2n) is 9.42. The van der Waals surface area contributed by atoms with Crippen molar-refractivity contribution in [3.8, 4) is 0 Å². The molecule has 1 aliphatic rings. The number of ether oxygens (including phenoxy) is 1. The number of carboxylic acids is 1. The number of alkyl carbamates (subject to hydrolysis) is 1. The van der Waals surface area contributed by atoms with Crippen LogP contribution in [-0.4, -0.2) is 58.0 Å². The van der Waals surface area contributed by atoms with Gasteiger partial charge in [0.15, 0.2) is 0 Å². The topological polar surface area (TPSA) is 142 Å². The summed E-state index contributed by atoms with van der Waals surface area (Å²) in [5.74, 6) is -2.61. The number of amides is 4. The third-order valence-corrected chi connectivity index (χ3v) is 5.07. The van der Waals surface area contributed by atoms with E-state index in [2.05, 4.69) is 10.6 Å². The molecule has 0 aliphatic carbocycles. The number of unbranched alkanes of at least 4 members (excludes halogenated alkanes) is 1. The van der Waals surface area contributed by atoms with Gasteiger partial charge < -0.3 is 20.5 Å². The average molecular weight is 488 g/mol. The summed E-state index contributed by atoms with van der Waals surface area (Å²) in [6.45, 7) is 7.40. The Morgan fingerprint density at radius 1 is 1.03 bits per heavy atom. The molecule has 4 amide bonds. The number of nitrogens with zero attached hydrogens (tertiary/aromatic N) is 1. The van der Waals surface area contributed by atoms with E-state index in [9.17, 15) is 24.0 Å². The van der Waals surface area contributed by atoms with E-state index in [1.54, 1.807) is 45.0 Å². The largest absolute Gasteiger partial charge is 0.481 e. The van der Waals surface area contributed by atoms with Crippen LogP contribution in [0.1, 0.15) is 64.1 Å². The monoisotopic (exact) mass is 487 g/mol. The maximum absolute atomic E-state index is 13.0. The Morgan fingerprint density at radius 2 is 1.63 bits per heavy atom. The van der Waals surface area contributed by atoms with E-state index in [4.69, 9.17) is 9.84 Å². The molecule has 0 radical (unpaired) electrons. The zero-order valence-electron chi connectivity index (χ0n) is 20.5. The molecule has 0 aromatic heterocycles. The summed E-state index contributed by atoms with van der Waals surface area (Å²) in [5, 5.41) is 14.2. The Morgan fingerprint density at radius 3 is 2.17 bits per heavy atom. The summed E-state index contributed by atoms with van der Waals surface area (Å²) in [5.41, 5.74) is 0.730. The van der Waals surface area contributed by atoms with Gasteiger partial charge in [0.1, 0.15) is 11.6 Å². The fourth-order valence-electron chi connectivity index (χ4n) is 3.54. The molecule has 2 unspecified atom stereocenters. The second kappa shape index (κ2) is 12.1. The van der Waals surface area contributed by atoms with E-state index >= 15 is 0 Å². The molecule has 190 valence electrons. The van der Waals surface area contributed by atoms with Crippen molar-refractivity contribution in [3.63, 3.8) is 0 Å². The van der Waals surface area contributed by atoms with Crippen LogP contribution in [0, 0.1) is 0 Å². The lowest BCUT2D eigenvalue weighted by Gasteiger charge is -2.26. The SMILES string of the molecule is CC(Cc1ccc(C(C(=O)NCCCCC(=O)O)N2C(=O)C=CC2=O)cc1)NC(=O)OC(C)(C)C. The zero-order chi connectivity index (χ0) is 26.2. The van der Waals surface area contributed by atoms with Crippen molar-refractivity contribution in [1.82, 2.24) is 15.5 Å². The van der Waals surface area contributed by atoms with Crippen molar-refractivity contribution in [2.24, 2.45) is 0 Å². The normalized spacial score (nSPS) is 15.0. The molecule has 1 aromatic rings. The van der Waals surface area contributed by atoms with Gasteiger partial charge in [-0.25, -0.2) is 4.79 Å². The van der Waals surface area contributed by atoms with Crippen molar-refractivity contribution < 1.29 is 33.8 Å². The minimum atomic E-state index is -1.16. The number of hydrogen-bond donors (Lipinski definition) is 3. The van der Waals surface area contributed by atoms with Gasteiger partial charge in [-0.15, -0.1) is 0 Å². The Kier molecular flexibility index (Phi) is 9.56. The molecule has 10 heteroatoms. The molecular weight excluding hydrogens is 454 g/mol. The van der Waals surface area contributed by atoms with Crippen LogP contribution in [-0.2, 0) is 30.3 Å². The molecule has 0 bridgehead atoms. The summed E-state index contributed by atoms with van der Waals surface area (Å²) in [6, 6.07) is 5.51. The van der Waals surface area contributed by atoms with Crippen LogP contribution < -0.4 is 10.6 Å². The molecule has 1 heterocycles. The highest BCUT2D eigenvalue weighted by molar-refractivity contribution is 6.15. The summed E-state index contributed by atoms with van der Waals surface area (Å²) >= 11 is 0. The first kappa shape index (κ1) is 27.6. The predicted octanol–water partition coefficient (Wildman–Crippen LogP) is 2.48. The quantitative estimate of drug-likeness (QED) is 0.321. The Bertz CT molecular complexity index is 962. The van der Waals surface area contributed by atoms with Crippen molar-refractivity contribution in [2.75, 3.05) is 6.54 Å². The molecule has 1 aromatic carbocycles. The molecule has 2 rings (SSSR count). The van der Waals surface area contributed by atoms with Crippen LogP contribution >= 0.6 is 0 Å². The van der Waals surface area contributed by atoms with Crippen LogP contribution in [0.25, 0.3) is 0 Å². The summed E-state index contributed by atoms with van der Waals surface area (Å²) in [7, 11) is 0. The third-order valence-electron chi connectivity index (χ3n) is 5.07. The lowest BCUT2D eigenvalue weighted by molar-refractivity contribution is -0.145. The number of rotatable bonds is 11. The van der Waals surface area contributed by atoms with E-state index < -0.39 is 41.4 Å². The number of imide groups is 1. The maximum atomic E-state index is 13.0. The number of carbonyl (C=O) groups excluding carboxylic acids is 4. The number of hydrogen-bond acceptors (Lipinski definition) is 6. The van der Waals surface area contributed by atoms with Crippen LogP contribution in [0.15, 0.2) is 36.4 Å². The molecule has 0 saturated carbocycles. The first-order chi connectivity index (χ1) is 16.4. The van der Waals surface area contributed by atoms with Crippen molar-refractivity contribution in [1.29, 1.82) is 0 Å². The maximum Gasteiger partial charge on any atom is 0.407 e. The van der Waals surface area contributed by atoms with Gasteiger partial charge in [-0.05, 0) is 58.1 Å². The number of aliphatic carboxylic acids is 1. The molecule has 2 atom stereocenters. The van der Waals surface area contributed by atoms with Gasteiger partial charge in [0.2, 0.25) is 5.91 Å². The minimum Gasteiger partial charge on any atom is -0.481 e. The van der Waals surface area contributed by atoms with Gasteiger partial charge in [0.05, 0.1) is 0 Å². The third kappa shape index (κ3) is 8.88.